The normalized spacial score (nSPS) is 18.6. The SMILES string of the molecule is Cc1ccc2nc(-c3ccc(N4C(=O)CC(N(C5CCCC5)S(=O)(=O)c5ccc(F)cc5)C4=O)cc3)sc2c1. The number of hydrogen-bond donors (Lipinski definition) is 0. The largest absolute Gasteiger partial charge is 0.274 e. The molecule has 1 unspecified atom stereocenters. The number of halogens is 1. The Morgan fingerprint density at radius 1 is 0.974 bits per heavy atom. The van der Waals surface area contributed by atoms with E-state index in [1.165, 1.54) is 16.4 Å². The van der Waals surface area contributed by atoms with E-state index in [-0.39, 0.29) is 11.3 Å². The van der Waals surface area contributed by atoms with Gasteiger partial charge in [-0.1, -0.05) is 18.9 Å². The Morgan fingerprint density at radius 2 is 1.67 bits per heavy atom. The van der Waals surface area contributed by atoms with Crippen LogP contribution >= 0.6 is 11.3 Å². The van der Waals surface area contributed by atoms with Crippen LogP contribution in [0.1, 0.15) is 37.7 Å². The molecule has 1 aliphatic heterocycles. The highest BCUT2D eigenvalue weighted by atomic mass is 32.2. The van der Waals surface area contributed by atoms with Crippen LogP contribution in [0.3, 0.4) is 0 Å². The summed E-state index contributed by atoms with van der Waals surface area (Å²) < 4.78 is 43.3. The second-order valence-corrected chi connectivity index (χ2v) is 12.9. The van der Waals surface area contributed by atoms with Crippen molar-refractivity contribution in [2.75, 3.05) is 4.90 Å². The molecule has 0 radical (unpaired) electrons. The lowest BCUT2D eigenvalue weighted by atomic mass is 10.1. The smallest absolute Gasteiger partial charge is 0.252 e. The van der Waals surface area contributed by atoms with Crippen LogP contribution in [0.2, 0.25) is 0 Å². The van der Waals surface area contributed by atoms with Gasteiger partial charge in [-0.25, -0.2) is 22.7 Å². The second-order valence-electron chi connectivity index (χ2n) is 10.1. The maximum Gasteiger partial charge on any atom is 0.252 e. The van der Waals surface area contributed by atoms with Gasteiger partial charge < -0.3 is 0 Å². The number of carbonyl (C=O) groups excluding carboxylic acids is 2. The number of aryl methyl sites for hydroxylation is 1. The molecule has 0 spiro atoms. The first kappa shape index (κ1) is 25.8. The fraction of sp³-hybridized carbons (Fsp3) is 0.276. The molecule has 1 saturated carbocycles. The molecule has 1 aromatic heterocycles. The molecule has 1 saturated heterocycles. The summed E-state index contributed by atoms with van der Waals surface area (Å²) in [5.74, 6) is -1.57. The van der Waals surface area contributed by atoms with Gasteiger partial charge in [0.2, 0.25) is 15.9 Å². The minimum atomic E-state index is -4.15. The van der Waals surface area contributed by atoms with Gasteiger partial charge in [0.15, 0.2) is 0 Å². The van der Waals surface area contributed by atoms with Crippen LogP contribution in [0.4, 0.5) is 10.1 Å². The van der Waals surface area contributed by atoms with E-state index < -0.39 is 39.7 Å². The zero-order chi connectivity index (χ0) is 27.3. The molecule has 2 aliphatic rings. The van der Waals surface area contributed by atoms with Gasteiger partial charge in [-0.15, -0.1) is 11.3 Å². The molecule has 1 atom stereocenters. The number of fused-ring (bicyclic) bond motifs is 1. The van der Waals surface area contributed by atoms with E-state index in [1.807, 2.05) is 31.2 Å². The third-order valence-corrected chi connectivity index (χ3v) is 10.5. The summed E-state index contributed by atoms with van der Waals surface area (Å²) in [6.07, 6.45) is 2.65. The quantitative estimate of drug-likeness (QED) is 0.282. The summed E-state index contributed by atoms with van der Waals surface area (Å²) in [7, 11) is -4.15. The number of hydrogen-bond acceptors (Lipinski definition) is 6. The van der Waals surface area contributed by atoms with Crippen molar-refractivity contribution in [3.63, 3.8) is 0 Å². The highest BCUT2D eigenvalue weighted by Gasteiger charge is 2.49. The maximum atomic E-state index is 13.7. The van der Waals surface area contributed by atoms with E-state index in [0.29, 0.717) is 18.5 Å². The molecule has 0 bridgehead atoms. The number of amides is 2. The predicted molar refractivity (Wildman–Crippen MR) is 148 cm³/mol. The number of thiazole rings is 1. The van der Waals surface area contributed by atoms with E-state index in [0.717, 1.165) is 56.2 Å². The Hall–Kier alpha value is -3.47. The molecule has 4 aromatic rings. The number of carbonyl (C=O) groups is 2. The monoisotopic (exact) mass is 563 g/mol. The zero-order valence-electron chi connectivity index (χ0n) is 21.2. The van der Waals surface area contributed by atoms with Crippen molar-refractivity contribution in [2.24, 2.45) is 0 Å². The van der Waals surface area contributed by atoms with E-state index in [9.17, 15) is 22.4 Å². The van der Waals surface area contributed by atoms with Crippen molar-refractivity contribution < 1.29 is 22.4 Å². The minimum Gasteiger partial charge on any atom is -0.274 e. The fourth-order valence-corrected chi connectivity index (χ4v) is 8.40. The van der Waals surface area contributed by atoms with E-state index in [2.05, 4.69) is 6.07 Å². The predicted octanol–water partition coefficient (Wildman–Crippen LogP) is 5.68. The van der Waals surface area contributed by atoms with Crippen molar-refractivity contribution in [1.82, 2.24) is 9.29 Å². The zero-order valence-corrected chi connectivity index (χ0v) is 22.8. The molecule has 2 amide bonds. The Bertz CT molecular complexity index is 1680. The van der Waals surface area contributed by atoms with Crippen molar-refractivity contribution >= 4 is 49.1 Å². The Labute approximate surface area is 229 Å². The van der Waals surface area contributed by atoms with E-state index in [1.54, 1.807) is 23.5 Å². The van der Waals surface area contributed by atoms with Gasteiger partial charge in [0.1, 0.15) is 16.9 Å². The van der Waals surface area contributed by atoms with Gasteiger partial charge in [-0.05, 0) is 86.0 Å². The molecule has 200 valence electrons. The van der Waals surface area contributed by atoms with Gasteiger partial charge in [0.05, 0.1) is 27.2 Å². The first-order valence-corrected chi connectivity index (χ1v) is 15.1. The van der Waals surface area contributed by atoms with Crippen molar-refractivity contribution in [3.05, 3.63) is 78.1 Å². The Morgan fingerprint density at radius 3 is 2.36 bits per heavy atom. The molecule has 7 nitrogen and oxygen atoms in total. The molecular weight excluding hydrogens is 537 g/mol. The molecule has 3 aromatic carbocycles. The fourth-order valence-electron chi connectivity index (χ4n) is 5.50. The van der Waals surface area contributed by atoms with Gasteiger partial charge >= 0.3 is 0 Å². The summed E-state index contributed by atoms with van der Waals surface area (Å²) in [5.41, 5.74) is 3.31. The molecular formula is C29H26FN3O4S2. The van der Waals surface area contributed by atoms with Crippen LogP contribution in [0.15, 0.2) is 71.6 Å². The number of benzene rings is 3. The topological polar surface area (TPSA) is 87.7 Å². The van der Waals surface area contributed by atoms with Crippen LogP contribution in [0.5, 0.6) is 0 Å². The molecule has 2 fully saturated rings. The molecule has 1 aliphatic carbocycles. The summed E-state index contributed by atoms with van der Waals surface area (Å²) in [4.78, 5) is 32.5. The summed E-state index contributed by atoms with van der Waals surface area (Å²) in [6.45, 7) is 2.03. The van der Waals surface area contributed by atoms with Crippen molar-refractivity contribution in [1.29, 1.82) is 0 Å². The first-order chi connectivity index (χ1) is 18.7. The average Bonchev–Trinajstić information content (AvgIpc) is 3.64. The number of nitrogens with zero attached hydrogens (tertiary/aromatic N) is 3. The summed E-state index contributed by atoms with van der Waals surface area (Å²) >= 11 is 1.57. The molecule has 6 rings (SSSR count). The van der Waals surface area contributed by atoms with Gasteiger partial charge in [0.25, 0.3) is 5.91 Å². The molecule has 2 heterocycles. The van der Waals surface area contributed by atoms with Gasteiger partial charge in [-0.2, -0.15) is 4.31 Å². The van der Waals surface area contributed by atoms with Crippen LogP contribution in [-0.4, -0.2) is 41.6 Å². The first-order valence-electron chi connectivity index (χ1n) is 12.9. The highest BCUT2D eigenvalue weighted by Crippen LogP contribution is 2.37. The molecule has 39 heavy (non-hydrogen) atoms. The van der Waals surface area contributed by atoms with Crippen LogP contribution in [0, 0.1) is 12.7 Å². The number of sulfonamides is 1. The van der Waals surface area contributed by atoms with Crippen LogP contribution in [0.25, 0.3) is 20.8 Å². The third-order valence-electron chi connectivity index (χ3n) is 7.42. The van der Waals surface area contributed by atoms with Crippen LogP contribution in [-0.2, 0) is 19.6 Å². The lowest BCUT2D eigenvalue weighted by Gasteiger charge is -2.32. The number of imide groups is 1. The number of aromatic nitrogens is 1. The maximum absolute atomic E-state index is 13.7. The molecule has 10 heteroatoms. The number of rotatable bonds is 6. The van der Waals surface area contributed by atoms with Gasteiger partial charge in [0, 0.05) is 11.6 Å². The van der Waals surface area contributed by atoms with Crippen LogP contribution < -0.4 is 4.90 Å². The van der Waals surface area contributed by atoms with Crippen molar-refractivity contribution in [3.8, 4) is 10.6 Å². The van der Waals surface area contributed by atoms with E-state index in [4.69, 9.17) is 4.98 Å². The standard InChI is InChI=1S/C29H26FN3O4S2/c1-18-6-15-24-26(16-18)38-28(31-24)19-7-11-21(12-8-19)32-27(34)17-25(29(32)35)33(22-4-2-3-5-22)39(36,37)23-13-9-20(30)10-14-23/h6-16,22,25H,2-5,17H2,1H3. The van der Waals surface area contributed by atoms with Crippen molar-refractivity contribution in [2.45, 2.75) is 56.0 Å². The molecule has 0 N–H and O–H groups in total. The highest BCUT2D eigenvalue weighted by molar-refractivity contribution is 7.89. The Kier molecular flexibility index (Phi) is 6.57. The lowest BCUT2D eigenvalue weighted by Crippen LogP contribution is -2.49. The number of anilines is 1. The second kappa shape index (κ2) is 9.93. The summed E-state index contributed by atoms with van der Waals surface area (Å²) in [5, 5.41) is 0.830. The van der Waals surface area contributed by atoms with E-state index >= 15 is 0 Å². The lowest BCUT2D eigenvalue weighted by molar-refractivity contribution is -0.122. The van der Waals surface area contributed by atoms with Gasteiger partial charge in [-0.3, -0.25) is 9.59 Å². The minimum absolute atomic E-state index is 0.0927. The average molecular weight is 564 g/mol. The Balaban J connectivity index is 1.30. The third kappa shape index (κ3) is 4.66. The summed E-state index contributed by atoms with van der Waals surface area (Å²) in [6, 6.07) is 16.1.